The maximum atomic E-state index is 12.4. The van der Waals surface area contributed by atoms with Crippen LogP contribution in [-0.2, 0) is 16.4 Å². The van der Waals surface area contributed by atoms with Crippen LogP contribution in [0.15, 0.2) is 69.7 Å². The molecule has 0 saturated carbocycles. The summed E-state index contributed by atoms with van der Waals surface area (Å²) in [5.74, 6) is 0. The van der Waals surface area contributed by atoms with E-state index in [1.54, 1.807) is 12.1 Å². The quantitative estimate of drug-likeness (QED) is 0.694. The van der Waals surface area contributed by atoms with Crippen molar-refractivity contribution in [3.05, 3.63) is 81.6 Å². The van der Waals surface area contributed by atoms with Crippen LogP contribution in [0.4, 0.5) is 0 Å². The molecule has 0 amide bonds. The summed E-state index contributed by atoms with van der Waals surface area (Å²) >= 11 is 0. The lowest BCUT2D eigenvalue weighted by atomic mass is 10.2. The van der Waals surface area contributed by atoms with Gasteiger partial charge in [0.2, 0.25) is 9.84 Å². The molecule has 3 rings (SSSR count). The van der Waals surface area contributed by atoms with Gasteiger partial charge in [-0.05, 0) is 29.8 Å². The Morgan fingerprint density at radius 2 is 1.72 bits per heavy atom. The van der Waals surface area contributed by atoms with Gasteiger partial charge in [0.05, 0.1) is 16.8 Å². The highest BCUT2D eigenvalue weighted by Gasteiger charge is 2.11. The fourth-order valence-electron chi connectivity index (χ4n) is 2.22. The largest absolute Gasteiger partial charge is 0.387 e. The van der Waals surface area contributed by atoms with E-state index in [2.05, 4.69) is 10.3 Å². The van der Waals surface area contributed by atoms with E-state index in [0.29, 0.717) is 6.54 Å². The summed E-state index contributed by atoms with van der Waals surface area (Å²) in [4.78, 5) is 13.3. The van der Waals surface area contributed by atoms with Crippen molar-refractivity contribution in [1.82, 2.24) is 19.8 Å². The van der Waals surface area contributed by atoms with Gasteiger partial charge < -0.3 is 0 Å². The van der Waals surface area contributed by atoms with Crippen molar-refractivity contribution in [1.29, 1.82) is 0 Å². The van der Waals surface area contributed by atoms with Crippen LogP contribution in [0.5, 0.6) is 0 Å². The van der Waals surface area contributed by atoms with Crippen LogP contribution in [0.3, 0.4) is 0 Å². The zero-order valence-corrected chi connectivity index (χ0v) is 14.3. The maximum absolute atomic E-state index is 12.4. The Morgan fingerprint density at radius 1 is 1.04 bits per heavy atom. The fraction of sp³-hybridized carbons (Fsp3) is 0.118. The summed E-state index contributed by atoms with van der Waals surface area (Å²) in [7, 11) is -3.67. The van der Waals surface area contributed by atoms with Gasteiger partial charge in [-0.25, -0.2) is 13.2 Å². The molecule has 0 radical (unpaired) electrons. The molecular formula is C17H16N4O3S. The summed E-state index contributed by atoms with van der Waals surface area (Å²) in [6.45, 7) is 2.17. The Morgan fingerprint density at radius 3 is 2.40 bits per heavy atom. The molecule has 1 heterocycles. The van der Waals surface area contributed by atoms with Gasteiger partial charge in [-0.3, -0.25) is 0 Å². The van der Waals surface area contributed by atoms with Crippen LogP contribution in [0, 0.1) is 6.92 Å². The predicted molar refractivity (Wildman–Crippen MR) is 93.5 cm³/mol. The zero-order chi connectivity index (χ0) is 17.9. The third kappa shape index (κ3) is 3.92. The maximum Gasteiger partial charge on any atom is 0.387 e. The molecule has 1 aromatic heterocycles. The number of aryl methyl sites for hydroxylation is 1. The molecule has 25 heavy (non-hydrogen) atoms. The first-order chi connectivity index (χ1) is 12.0. The highest BCUT2D eigenvalue weighted by atomic mass is 32.2. The molecule has 0 fully saturated rings. The molecule has 0 unspecified atom stereocenters. The van der Waals surface area contributed by atoms with Crippen LogP contribution in [0.25, 0.3) is 6.20 Å². The molecule has 0 aliphatic rings. The van der Waals surface area contributed by atoms with Crippen molar-refractivity contribution >= 4 is 16.0 Å². The molecule has 0 aliphatic carbocycles. The first-order valence-corrected chi connectivity index (χ1v) is 9.06. The molecular weight excluding hydrogens is 340 g/mol. The minimum absolute atomic E-state index is 0.157. The van der Waals surface area contributed by atoms with Crippen molar-refractivity contribution in [2.75, 3.05) is 0 Å². The number of hydrogen-bond donors (Lipinski definition) is 0. The molecule has 7 nitrogen and oxygen atoms in total. The molecule has 0 spiro atoms. The lowest BCUT2D eigenvalue weighted by Crippen LogP contribution is -2.20. The first-order valence-electron chi connectivity index (χ1n) is 7.52. The normalized spacial score (nSPS) is 11.9. The van der Waals surface area contributed by atoms with Gasteiger partial charge in [-0.2, -0.15) is 9.48 Å². The van der Waals surface area contributed by atoms with Crippen molar-refractivity contribution < 1.29 is 8.42 Å². The van der Waals surface area contributed by atoms with Crippen molar-refractivity contribution in [3.8, 4) is 0 Å². The van der Waals surface area contributed by atoms with Gasteiger partial charge >= 0.3 is 5.69 Å². The van der Waals surface area contributed by atoms with Gasteiger partial charge in [0.1, 0.15) is 0 Å². The SMILES string of the molecule is Cc1ccc(S(=O)(=O)/C=C/n2c(=O)nnn2Cc2ccccc2)cc1. The Labute approximate surface area is 144 Å². The second kappa shape index (κ2) is 6.86. The summed E-state index contributed by atoms with van der Waals surface area (Å²) in [5, 5.41) is 8.22. The molecule has 8 heteroatoms. The van der Waals surface area contributed by atoms with Gasteiger partial charge in [0, 0.05) is 6.20 Å². The van der Waals surface area contributed by atoms with Crippen LogP contribution >= 0.6 is 0 Å². The van der Waals surface area contributed by atoms with Crippen molar-refractivity contribution in [2.45, 2.75) is 18.4 Å². The van der Waals surface area contributed by atoms with E-state index in [0.717, 1.165) is 21.2 Å². The summed E-state index contributed by atoms with van der Waals surface area (Å²) in [5.41, 5.74) is 1.23. The molecule has 2 aromatic carbocycles. The number of nitrogens with zero attached hydrogens (tertiary/aromatic N) is 4. The number of aromatic nitrogens is 4. The summed E-state index contributed by atoms with van der Waals surface area (Å²) in [6, 6.07) is 15.9. The minimum Gasteiger partial charge on any atom is -0.242 e. The smallest absolute Gasteiger partial charge is 0.242 e. The van der Waals surface area contributed by atoms with Gasteiger partial charge in [-0.15, -0.1) is 0 Å². The van der Waals surface area contributed by atoms with E-state index < -0.39 is 15.5 Å². The number of hydrogen-bond acceptors (Lipinski definition) is 5. The first kappa shape index (κ1) is 16.8. The lowest BCUT2D eigenvalue weighted by Gasteiger charge is -2.05. The third-order valence-corrected chi connectivity index (χ3v) is 4.99. The van der Waals surface area contributed by atoms with Gasteiger partial charge in [0.25, 0.3) is 0 Å². The van der Waals surface area contributed by atoms with Gasteiger partial charge in [-0.1, -0.05) is 53.1 Å². The Kier molecular flexibility index (Phi) is 4.62. The van der Waals surface area contributed by atoms with Crippen LogP contribution in [0.1, 0.15) is 11.1 Å². The second-order valence-electron chi connectivity index (χ2n) is 5.48. The second-order valence-corrected chi connectivity index (χ2v) is 7.31. The minimum atomic E-state index is -3.67. The van der Waals surface area contributed by atoms with Crippen molar-refractivity contribution in [3.63, 3.8) is 0 Å². The highest BCUT2D eigenvalue weighted by molar-refractivity contribution is 7.94. The number of sulfone groups is 1. The van der Waals surface area contributed by atoms with E-state index in [4.69, 9.17) is 0 Å². The number of benzene rings is 2. The van der Waals surface area contributed by atoms with Crippen molar-refractivity contribution in [2.24, 2.45) is 0 Å². The van der Waals surface area contributed by atoms with E-state index in [9.17, 15) is 13.2 Å². The van der Waals surface area contributed by atoms with Crippen LogP contribution in [0.2, 0.25) is 0 Å². The molecule has 0 aliphatic heterocycles. The van der Waals surface area contributed by atoms with Crippen LogP contribution in [-0.4, -0.2) is 28.2 Å². The number of tetrazole rings is 1. The van der Waals surface area contributed by atoms with Gasteiger partial charge in [0.15, 0.2) is 0 Å². The van der Waals surface area contributed by atoms with E-state index >= 15 is 0 Å². The Balaban J connectivity index is 1.90. The summed E-state index contributed by atoms with van der Waals surface area (Å²) in [6.07, 6.45) is 1.17. The van der Waals surface area contributed by atoms with E-state index in [-0.39, 0.29) is 4.90 Å². The molecule has 0 atom stereocenters. The monoisotopic (exact) mass is 356 g/mol. The third-order valence-electron chi connectivity index (χ3n) is 3.58. The standard InChI is InChI=1S/C17H16N4O3S/c1-14-7-9-16(10-8-14)25(23,24)12-11-20-17(22)18-19-21(20)13-15-5-3-2-4-6-15/h2-12H,13H2,1H3/b12-11+. The fourth-order valence-corrected chi connectivity index (χ4v) is 3.17. The molecule has 0 bridgehead atoms. The van der Waals surface area contributed by atoms with Crippen LogP contribution < -0.4 is 5.69 Å². The Bertz CT molecular complexity index is 1050. The zero-order valence-electron chi connectivity index (χ0n) is 13.5. The van der Waals surface area contributed by atoms with E-state index in [1.807, 2.05) is 37.3 Å². The average molecular weight is 356 g/mol. The predicted octanol–water partition coefficient (Wildman–Crippen LogP) is 1.70. The highest BCUT2D eigenvalue weighted by Crippen LogP contribution is 2.13. The average Bonchev–Trinajstić information content (AvgIpc) is 2.94. The van der Waals surface area contributed by atoms with E-state index in [1.165, 1.54) is 23.1 Å². The topological polar surface area (TPSA) is 86.8 Å². The molecule has 3 aromatic rings. The number of rotatable bonds is 5. The Hall–Kier alpha value is -3.00. The molecule has 0 saturated heterocycles. The summed E-state index contributed by atoms with van der Waals surface area (Å²) < 4.78 is 25.8. The lowest BCUT2D eigenvalue weighted by molar-refractivity contribution is 0.527. The molecule has 0 N–H and O–H groups in total. The molecule has 128 valence electrons.